The molecule has 0 fully saturated rings. The van der Waals surface area contributed by atoms with Gasteiger partial charge in [0, 0.05) is 11.1 Å². The Kier molecular flexibility index (Phi) is 5.77. The Bertz CT molecular complexity index is 1430. The number of nitrogens with zero attached hydrogens (tertiary/aromatic N) is 3. The van der Waals surface area contributed by atoms with Gasteiger partial charge in [0.05, 0.1) is 30.0 Å². The molecule has 1 aromatic heterocycles. The summed E-state index contributed by atoms with van der Waals surface area (Å²) in [6, 6.07) is 14.4. The molecule has 33 heavy (non-hydrogen) atoms. The van der Waals surface area contributed by atoms with Gasteiger partial charge in [0.1, 0.15) is 29.5 Å². The van der Waals surface area contributed by atoms with Crippen molar-refractivity contribution in [3.05, 3.63) is 63.9 Å². The first kappa shape index (κ1) is 21.9. The quantitative estimate of drug-likeness (QED) is 0.554. The van der Waals surface area contributed by atoms with Gasteiger partial charge in [-0.25, -0.2) is 4.98 Å². The second kappa shape index (κ2) is 8.68. The lowest BCUT2D eigenvalue weighted by molar-refractivity contribution is 0.339. The van der Waals surface area contributed by atoms with Crippen LogP contribution in [0.1, 0.15) is 48.7 Å². The van der Waals surface area contributed by atoms with E-state index in [2.05, 4.69) is 17.1 Å². The van der Waals surface area contributed by atoms with Crippen molar-refractivity contribution < 1.29 is 9.47 Å². The summed E-state index contributed by atoms with van der Waals surface area (Å²) in [5.74, 6) is 1.64. The highest BCUT2D eigenvalue weighted by Gasteiger charge is 2.30. The third-order valence-electron chi connectivity index (χ3n) is 5.88. The molecule has 1 aliphatic rings. The first-order chi connectivity index (χ1) is 15.9. The van der Waals surface area contributed by atoms with E-state index in [1.165, 1.54) is 0 Å². The number of hydrogen-bond acceptors (Lipinski definition) is 6. The number of rotatable bonds is 5. The number of benzene rings is 2. The van der Waals surface area contributed by atoms with Crippen LogP contribution in [-0.2, 0) is 0 Å². The number of anilines is 1. The van der Waals surface area contributed by atoms with Crippen LogP contribution in [0.5, 0.6) is 11.5 Å². The molecule has 164 valence electrons. The molecular weight excluding hydrogens is 412 g/mol. The van der Waals surface area contributed by atoms with Crippen molar-refractivity contribution in [1.29, 1.82) is 10.5 Å². The van der Waals surface area contributed by atoms with E-state index in [1.807, 2.05) is 64.1 Å². The fourth-order valence-corrected chi connectivity index (χ4v) is 4.33. The zero-order valence-electron chi connectivity index (χ0n) is 19.1. The average molecular weight is 437 g/mol. The number of nitrogens with two attached hydrogens (primary N) is 1. The van der Waals surface area contributed by atoms with Crippen molar-refractivity contribution in [2.24, 2.45) is 0 Å². The lowest BCUT2D eigenvalue weighted by Gasteiger charge is -2.15. The fraction of sp³-hybridized carbons (Fsp3) is 0.222. The van der Waals surface area contributed by atoms with Gasteiger partial charge in [-0.1, -0.05) is 12.1 Å². The van der Waals surface area contributed by atoms with Crippen molar-refractivity contribution in [2.45, 2.75) is 27.7 Å². The monoisotopic (exact) mass is 436 g/mol. The van der Waals surface area contributed by atoms with Gasteiger partial charge >= 0.3 is 0 Å². The highest BCUT2D eigenvalue weighted by molar-refractivity contribution is 6.11. The minimum Gasteiger partial charge on any atom is -0.494 e. The van der Waals surface area contributed by atoms with E-state index in [0.29, 0.717) is 35.6 Å². The maximum atomic E-state index is 9.86. The van der Waals surface area contributed by atoms with Crippen LogP contribution in [0.25, 0.3) is 28.0 Å². The molecule has 0 spiro atoms. The Labute approximate surface area is 193 Å². The molecule has 0 radical (unpaired) electrons. The summed E-state index contributed by atoms with van der Waals surface area (Å²) in [4.78, 5) is 4.42. The smallest absolute Gasteiger partial charge is 0.142 e. The Morgan fingerprint density at radius 3 is 2.42 bits per heavy atom. The van der Waals surface area contributed by atoms with Crippen molar-refractivity contribution in [3.63, 3.8) is 0 Å². The SMILES string of the molecule is CCOc1ccc2ccc(OCC)c(/C=C3/C(C)=C(C#N)c4nc(N)c(C#N)c(C)c43)c2c1. The number of hydrogen-bond donors (Lipinski definition) is 1. The Morgan fingerprint density at radius 1 is 1.03 bits per heavy atom. The summed E-state index contributed by atoms with van der Waals surface area (Å²) >= 11 is 0. The van der Waals surface area contributed by atoms with E-state index in [1.54, 1.807) is 0 Å². The fourth-order valence-electron chi connectivity index (χ4n) is 4.33. The van der Waals surface area contributed by atoms with E-state index in [9.17, 15) is 10.5 Å². The zero-order valence-corrected chi connectivity index (χ0v) is 19.1. The molecule has 1 aliphatic carbocycles. The van der Waals surface area contributed by atoms with Gasteiger partial charge in [0.25, 0.3) is 0 Å². The molecule has 3 aromatic rings. The van der Waals surface area contributed by atoms with Crippen LogP contribution in [0, 0.1) is 29.6 Å². The lowest BCUT2D eigenvalue weighted by atomic mass is 9.93. The first-order valence-corrected chi connectivity index (χ1v) is 10.8. The molecule has 2 N–H and O–H groups in total. The Hall–Kier alpha value is -4.29. The van der Waals surface area contributed by atoms with Gasteiger partial charge in [0.15, 0.2) is 0 Å². The minimum absolute atomic E-state index is 0.136. The Balaban J connectivity index is 2.07. The summed E-state index contributed by atoms with van der Waals surface area (Å²) < 4.78 is 11.7. The predicted molar refractivity (Wildman–Crippen MR) is 130 cm³/mol. The van der Waals surface area contributed by atoms with E-state index in [-0.39, 0.29) is 5.82 Å². The molecule has 2 aromatic carbocycles. The summed E-state index contributed by atoms with van der Waals surface area (Å²) in [5.41, 5.74) is 11.3. The van der Waals surface area contributed by atoms with Gasteiger partial charge in [-0.15, -0.1) is 0 Å². The second-order valence-corrected chi connectivity index (χ2v) is 7.73. The maximum Gasteiger partial charge on any atom is 0.142 e. The van der Waals surface area contributed by atoms with Gasteiger partial charge in [-0.3, -0.25) is 0 Å². The molecule has 4 rings (SSSR count). The number of fused-ring (bicyclic) bond motifs is 2. The zero-order chi connectivity index (χ0) is 23.7. The second-order valence-electron chi connectivity index (χ2n) is 7.73. The number of aromatic nitrogens is 1. The van der Waals surface area contributed by atoms with Crippen LogP contribution in [0.15, 0.2) is 35.9 Å². The van der Waals surface area contributed by atoms with Crippen LogP contribution in [0.3, 0.4) is 0 Å². The van der Waals surface area contributed by atoms with Gasteiger partial charge < -0.3 is 15.2 Å². The van der Waals surface area contributed by atoms with Crippen LogP contribution in [0.2, 0.25) is 0 Å². The van der Waals surface area contributed by atoms with E-state index >= 15 is 0 Å². The molecule has 0 saturated carbocycles. The summed E-state index contributed by atoms with van der Waals surface area (Å²) in [5, 5.41) is 21.5. The number of nitriles is 2. The minimum atomic E-state index is 0.136. The van der Waals surface area contributed by atoms with Crippen molar-refractivity contribution in [1.82, 2.24) is 4.98 Å². The van der Waals surface area contributed by atoms with Crippen LogP contribution >= 0.6 is 0 Å². The molecular formula is C27H24N4O2. The molecule has 0 bridgehead atoms. The molecule has 6 nitrogen and oxygen atoms in total. The molecule has 1 heterocycles. The van der Waals surface area contributed by atoms with E-state index in [0.717, 1.165) is 44.5 Å². The third kappa shape index (κ3) is 3.56. The third-order valence-corrected chi connectivity index (χ3v) is 5.88. The van der Waals surface area contributed by atoms with Crippen LogP contribution in [-0.4, -0.2) is 18.2 Å². The number of ether oxygens (including phenoxy) is 2. The molecule has 0 atom stereocenters. The normalized spacial score (nSPS) is 13.7. The standard InChI is InChI=1S/C27H24N4O2/c1-5-32-18-9-7-17-8-10-24(33-6-2)21(20(17)11-18)12-19-15(3)22(13-28)26-25(19)16(4)23(14-29)27(30)31-26/h7-12H,5-6H2,1-4H3,(H2,30,31)/b19-12-. The van der Waals surface area contributed by atoms with Crippen LogP contribution in [0.4, 0.5) is 5.82 Å². The molecule has 0 amide bonds. The van der Waals surface area contributed by atoms with Crippen molar-refractivity contribution in [2.75, 3.05) is 18.9 Å². The topological polar surface area (TPSA) is 105 Å². The molecule has 6 heteroatoms. The van der Waals surface area contributed by atoms with Gasteiger partial charge in [-0.2, -0.15) is 10.5 Å². The molecule has 0 unspecified atom stereocenters. The number of allylic oxidation sites excluding steroid dienone is 3. The molecule has 0 saturated heterocycles. The average Bonchev–Trinajstić information content (AvgIpc) is 3.06. The summed E-state index contributed by atoms with van der Waals surface area (Å²) in [6.45, 7) is 8.71. The van der Waals surface area contributed by atoms with Gasteiger partial charge in [-0.05, 0) is 79.5 Å². The van der Waals surface area contributed by atoms with E-state index < -0.39 is 0 Å². The van der Waals surface area contributed by atoms with Gasteiger partial charge in [0.2, 0.25) is 0 Å². The van der Waals surface area contributed by atoms with Crippen LogP contribution < -0.4 is 15.2 Å². The molecule has 0 aliphatic heterocycles. The highest BCUT2D eigenvalue weighted by Crippen LogP contribution is 2.45. The van der Waals surface area contributed by atoms with Crippen molar-refractivity contribution >= 4 is 33.8 Å². The highest BCUT2D eigenvalue weighted by atomic mass is 16.5. The summed E-state index contributed by atoms with van der Waals surface area (Å²) in [6.07, 6.45) is 2.02. The van der Waals surface area contributed by atoms with E-state index in [4.69, 9.17) is 15.2 Å². The largest absolute Gasteiger partial charge is 0.494 e. The predicted octanol–water partition coefficient (Wildman–Crippen LogP) is 5.65. The first-order valence-electron chi connectivity index (χ1n) is 10.8. The summed E-state index contributed by atoms with van der Waals surface area (Å²) in [7, 11) is 0. The Morgan fingerprint density at radius 2 is 1.76 bits per heavy atom. The maximum absolute atomic E-state index is 9.86. The number of nitrogen functional groups attached to an aromatic ring is 1. The lowest BCUT2D eigenvalue weighted by Crippen LogP contribution is -2.04. The number of pyridine rings is 1. The van der Waals surface area contributed by atoms with Crippen molar-refractivity contribution in [3.8, 4) is 23.6 Å².